The highest BCUT2D eigenvalue weighted by Gasteiger charge is 2.44. The molecular weight excluding hydrogens is 190 g/mol. The fraction of sp³-hybridized carbons (Fsp3) is 0.917. The van der Waals surface area contributed by atoms with Crippen LogP contribution in [0.1, 0.15) is 40.0 Å². The van der Waals surface area contributed by atoms with Crippen LogP contribution in [-0.4, -0.2) is 24.7 Å². The van der Waals surface area contributed by atoms with Gasteiger partial charge in [-0.05, 0) is 19.3 Å². The molecule has 1 amide bonds. The third kappa shape index (κ3) is 2.17. The number of carbonyl (C=O) groups is 1. The lowest BCUT2D eigenvalue weighted by Gasteiger charge is -2.48. The molecule has 0 aromatic heterocycles. The van der Waals surface area contributed by atoms with Crippen molar-refractivity contribution in [2.75, 3.05) is 6.61 Å². The van der Waals surface area contributed by atoms with Crippen molar-refractivity contribution in [3.8, 4) is 0 Å². The number of carbonyl (C=O) groups excluding carboxylic acids is 1. The van der Waals surface area contributed by atoms with Crippen LogP contribution in [0.25, 0.3) is 0 Å². The van der Waals surface area contributed by atoms with E-state index in [4.69, 9.17) is 4.74 Å². The minimum atomic E-state index is -0.277. The van der Waals surface area contributed by atoms with E-state index in [0.29, 0.717) is 18.1 Å². The molecule has 3 heteroatoms. The minimum Gasteiger partial charge on any atom is -0.378 e. The maximum atomic E-state index is 11.8. The van der Waals surface area contributed by atoms with E-state index in [1.165, 1.54) is 6.42 Å². The van der Waals surface area contributed by atoms with Crippen LogP contribution in [-0.2, 0) is 9.53 Å². The third-order valence-corrected chi connectivity index (χ3v) is 3.49. The Morgan fingerprint density at radius 2 is 2.13 bits per heavy atom. The molecule has 2 rings (SSSR count). The standard InChI is InChI=1S/C12H21NO2/c1-12(2,3)11(14)13-9-7-10-8(9)5-4-6-15-10/h8-10H,4-7H2,1-3H3,(H,13,14)/t8-,9-,10+/m1/s1. The molecule has 3 nitrogen and oxygen atoms in total. The zero-order chi connectivity index (χ0) is 11.1. The van der Waals surface area contributed by atoms with Gasteiger partial charge in [-0.1, -0.05) is 20.8 Å². The molecule has 1 heterocycles. The van der Waals surface area contributed by atoms with Gasteiger partial charge in [0.1, 0.15) is 0 Å². The molecule has 1 aliphatic carbocycles. The van der Waals surface area contributed by atoms with Crippen molar-refractivity contribution in [1.82, 2.24) is 5.32 Å². The van der Waals surface area contributed by atoms with E-state index in [9.17, 15) is 4.79 Å². The molecule has 2 fully saturated rings. The lowest BCUT2D eigenvalue weighted by Crippen LogP contribution is -2.59. The van der Waals surface area contributed by atoms with Gasteiger partial charge in [-0.15, -0.1) is 0 Å². The van der Waals surface area contributed by atoms with Crippen LogP contribution in [0, 0.1) is 11.3 Å². The SMILES string of the molecule is CC(C)(C)C(=O)N[C@@H]1C[C@@H]2OCCC[C@@H]21. The number of rotatable bonds is 1. The fourth-order valence-electron chi connectivity index (χ4n) is 2.35. The average Bonchev–Trinajstić information content (AvgIpc) is 2.12. The highest BCUT2D eigenvalue weighted by Crippen LogP contribution is 2.38. The Bertz CT molecular complexity index is 257. The van der Waals surface area contributed by atoms with Gasteiger partial charge in [-0.25, -0.2) is 0 Å². The molecule has 1 saturated heterocycles. The first-order valence-corrected chi connectivity index (χ1v) is 5.91. The van der Waals surface area contributed by atoms with Crippen molar-refractivity contribution in [3.05, 3.63) is 0 Å². The minimum absolute atomic E-state index is 0.163. The Morgan fingerprint density at radius 1 is 1.40 bits per heavy atom. The first-order chi connectivity index (χ1) is 6.98. The van der Waals surface area contributed by atoms with Gasteiger partial charge in [-0.2, -0.15) is 0 Å². The highest BCUT2D eigenvalue weighted by atomic mass is 16.5. The second-order valence-electron chi connectivity index (χ2n) is 5.78. The Morgan fingerprint density at radius 3 is 2.73 bits per heavy atom. The second kappa shape index (κ2) is 3.78. The maximum Gasteiger partial charge on any atom is 0.225 e. The summed E-state index contributed by atoms with van der Waals surface area (Å²) in [6, 6.07) is 0.363. The van der Waals surface area contributed by atoms with E-state index in [2.05, 4.69) is 5.32 Å². The van der Waals surface area contributed by atoms with Crippen LogP contribution in [0.5, 0.6) is 0 Å². The molecule has 0 spiro atoms. The normalized spacial score (nSPS) is 35.3. The molecule has 86 valence electrons. The predicted molar refractivity (Wildman–Crippen MR) is 58.5 cm³/mol. The number of ether oxygens (including phenoxy) is 1. The Labute approximate surface area is 91.6 Å². The van der Waals surface area contributed by atoms with Crippen LogP contribution < -0.4 is 5.32 Å². The zero-order valence-corrected chi connectivity index (χ0v) is 9.88. The fourth-order valence-corrected chi connectivity index (χ4v) is 2.35. The molecule has 1 aliphatic heterocycles. The van der Waals surface area contributed by atoms with E-state index in [0.717, 1.165) is 19.4 Å². The topological polar surface area (TPSA) is 38.3 Å². The summed E-state index contributed by atoms with van der Waals surface area (Å²) in [5.74, 6) is 0.738. The van der Waals surface area contributed by atoms with Crippen molar-refractivity contribution < 1.29 is 9.53 Å². The van der Waals surface area contributed by atoms with E-state index in [1.54, 1.807) is 0 Å². The summed E-state index contributed by atoms with van der Waals surface area (Å²) in [5.41, 5.74) is -0.277. The van der Waals surface area contributed by atoms with Crippen LogP contribution in [0.15, 0.2) is 0 Å². The van der Waals surface area contributed by atoms with E-state index < -0.39 is 0 Å². The summed E-state index contributed by atoms with van der Waals surface area (Å²) in [5, 5.41) is 3.14. The van der Waals surface area contributed by atoms with Crippen LogP contribution in [0.3, 0.4) is 0 Å². The van der Waals surface area contributed by atoms with Crippen molar-refractivity contribution >= 4 is 5.91 Å². The predicted octanol–water partition coefficient (Wildman–Crippen LogP) is 1.72. The first kappa shape index (κ1) is 10.9. The van der Waals surface area contributed by atoms with Crippen molar-refractivity contribution in [3.63, 3.8) is 0 Å². The molecule has 3 atom stereocenters. The lowest BCUT2D eigenvalue weighted by atomic mass is 9.72. The van der Waals surface area contributed by atoms with Gasteiger partial charge >= 0.3 is 0 Å². The summed E-state index contributed by atoms with van der Waals surface area (Å²) >= 11 is 0. The molecular formula is C12H21NO2. The molecule has 0 aromatic rings. The summed E-state index contributed by atoms with van der Waals surface area (Å²) in [6.45, 7) is 6.77. The quantitative estimate of drug-likeness (QED) is 0.717. The van der Waals surface area contributed by atoms with Gasteiger partial charge in [0, 0.05) is 24.0 Å². The zero-order valence-electron chi connectivity index (χ0n) is 9.88. The van der Waals surface area contributed by atoms with Crippen LogP contribution in [0.4, 0.5) is 0 Å². The molecule has 0 bridgehead atoms. The van der Waals surface area contributed by atoms with E-state index in [-0.39, 0.29) is 11.3 Å². The Hall–Kier alpha value is -0.570. The largest absolute Gasteiger partial charge is 0.378 e. The van der Waals surface area contributed by atoms with Gasteiger partial charge in [0.15, 0.2) is 0 Å². The van der Waals surface area contributed by atoms with E-state index >= 15 is 0 Å². The van der Waals surface area contributed by atoms with Gasteiger partial charge < -0.3 is 10.1 Å². The summed E-state index contributed by atoms with van der Waals surface area (Å²) in [6.07, 6.45) is 3.78. The Balaban J connectivity index is 1.85. The van der Waals surface area contributed by atoms with Crippen LogP contribution in [0.2, 0.25) is 0 Å². The van der Waals surface area contributed by atoms with Gasteiger partial charge in [-0.3, -0.25) is 4.79 Å². The molecule has 0 unspecified atom stereocenters. The number of hydrogen-bond acceptors (Lipinski definition) is 2. The molecule has 15 heavy (non-hydrogen) atoms. The average molecular weight is 211 g/mol. The molecule has 2 aliphatic rings. The number of fused-ring (bicyclic) bond motifs is 1. The van der Waals surface area contributed by atoms with E-state index in [1.807, 2.05) is 20.8 Å². The third-order valence-electron chi connectivity index (χ3n) is 3.49. The highest BCUT2D eigenvalue weighted by molar-refractivity contribution is 5.81. The van der Waals surface area contributed by atoms with Crippen molar-refractivity contribution in [2.24, 2.45) is 11.3 Å². The van der Waals surface area contributed by atoms with Gasteiger partial charge in [0.05, 0.1) is 6.10 Å². The Kier molecular flexibility index (Phi) is 2.75. The number of hydrogen-bond donors (Lipinski definition) is 1. The monoisotopic (exact) mass is 211 g/mol. The number of amides is 1. The smallest absolute Gasteiger partial charge is 0.225 e. The molecule has 1 N–H and O–H groups in total. The maximum absolute atomic E-state index is 11.8. The molecule has 1 saturated carbocycles. The lowest BCUT2D eigenvalue weighted by molar-refractivity contribution is -0.138. The molecule has 0 radical (unpaired) electrons. The molecule has 0 aromatic carbocycles. The first-order valence-electron chi connectivity index (χ1n) is 5.91. The number of nitrogens with one attached hydrogen (secondary N) is 1. The van der Waals surface area contributed by atoms with Gasteiger partial charge in [0.2, 0.25) is 5.91 Å². The van der Waals surface area contributed by atoms with Crippen molar-refractivity contribution in [1.29, 1.82) is 0 Å². The summed E-state index contributed by atoms with van der Waals surface area (Å²) in [4.78, 5) is 11.8. The van der Waals surface area contributed by atoms with Crippen molar-refractivity contribution in [2.45, 2.75) is 52.2 Å². The second-order valence-corrected chi connectivity index (χ2v) is 5.78. The van der Waals surface area contributed by atoms with Crippen LogP contribution >= 0.6 is 0 Å². The van der Waals surface area contributed by atoms with Gasteiger partial charge in [0.25, 0.3) is 0 Å². The summed E-state index contributed by atoms with van der Waals surface area (Å²) in [7, 11) is 0. The summed E-state index contributed by atoms with van der Waals surface area (Å²) < 4.78 is 5.62.